The minimum absolute atomic E-state index is 0.0499. The van der Waals surface area contributed by atoms with Crippen LogP contribution in [-0.2, 0) is 27.7 Å². The van der Waals surface area contributed by atoms with Crippen molar-refractivity contribution in [3.63, 3.8) is 0 Å². The molecule has 6 nitrogen and oxygen atoms in total. The van der Waals surface area contributed by atoms with Crippen LogP contribution in [0.4, 0.5) is 5.69 Å². The highest BCUT2D eigenvalue weighted by atomic mass is 32.2. The largest absolute Gasteiger partial charge is 0.494 e. The summed E-state index contributed by atoms with van der Waals surface area (Å²) < 4.78 is 33.6. The average Bonchev–Trinajstić information content (AvgIpc) is 2.84. The highest BCUT2D eigenvalue weighted by molar-refractivity contribution is 7.89. The predicted octanol–water partition coefficient (Wildman–Crippen LogP) is 4.70. The van der Waals surface area contributed by atoms with Crippen LogP contribution in [0.3, 0.4) is 0 Å². The van der Waals surface area contributed by atoms with Gasteiger partial charge < -0.3 is 10.1 Å². The van der Waals surface area contributed by atoms with E-state index in [2.05, 4.69) is 12.2 Å². The number of hydrogen-bond donors (Lipinski definition) is 1. The minimum Gasteiger partial charge on any atom is -0.494 e. The molecule has 178 valence electrons. The van der Waals surface area contributed by atoms with Gasteiger partial charge in [0.05, 0.1) is 11.5 Å². The lowest BCUT2D eigenvalue weighted by Gasteiger charge is -2.31. The van der Waals surface area contributed by atoms with Crippen molar-refractivity contribution in [2.45, 2.75) is 63.7 Å². The molecule has 0 atom stereocenters. The first-order chi connectivity index (χ1) is 15.9. The Hall–Kier alpha value is -2.38. The molecule has 1 aliphatic heterocycles. The number of benzene rings is 2. The van der Waals surface area contributed by atoms with Crippen LogP contribution in [0.2, 0.25) is 0 Å². The summed E-state index contributed by atoms with van der Waals surface area (Å²) in [6.45, 7) is 5.39. The number of aryl methyl sites for hydroxylation is 3. The molecule has 33 heavy (non-hydrogen) atoms. The fraction of sp³-hybridized carbons (Fsp3) is 0.500. The van der Waals surface area contributed by atoms with Crippen LogP contribution < -0.4 is 10.1 Å². The Morgan fingerprint density at radius 3 is 2.48 bits per heavy atom. The number of anilines is 1. The predicted molar refractivity (Wildman–Crippen MR) is 130 cm³/mol. The van der Waals surface area contributed by atoms with Gasteiger partial charge in [0.1, 0.15) is 5.75 Å². The zero-order chi connectivity index (χ0) is 23.4. The van der Waals surface area contributed by atoms with Gasteiger partial charge in [-0.1, -0.05) is 13.0 Å². The van der Waals surface area contributed by atoms with Gasteiger partial charge in [0.2, 0.25) is 15.9 Å². The number of nitrogens with one attached hydrogen (secondary N) is 1. The number of sulfonamides is 1. The second-order valence-electron chi connectivity index (χ2n) is 9.13. The molecule has 1 fully saturated rings. The summed E-state index contributed by atoms with van der Waals surface area (Å²) in [5.74, 6) is 0.551. The summed E-state index contributed by atoms with van der Waals surface area (Å²) in [7, 11) is -3.54. The molecule has 2 aromatic carbocycles. The van der Waals surface area contributed by atoms with E-state index in [9.17, 15) is 13.2 Å². The lowest BCUT2D eigenvalue weighted by molar-refractivity contribution is -0.120. The third-order valence-corrected chi connectivity index (χ3v) is 8.61. The zero-order valence-electron chi connectivity index (χ0n) is 19.6. The Kier molecular flexibility index (Phi) is 7.39. The van der Waals surface area contributed by atoms with Gasteiger partial charge in [-0.15, -0.1) is 0 Å². The molecule has 0 aromatic heterocycles. The van der Waals surface area contributed by atoms with E-state index in [1.807, 2.05) is 37.3 Å². The lowest BCUT2D eigenvalue weighted by Crippen LogP contribution is -2.41. The van der Waals surface area contributed by atoms with Gasteiger partial charge in [-0.3, -0.25) is 4.79 Å². The third kappa shape index (κ3) is 5.41. The van der Waals surface area contributed by atoms with Crippen LogP contribution >= 0.6 is 0 Å². The van der Waals surface area contributed by atoms with Crippen LogP contribution in [0, 0.1) is 12.8 Å². The van der Waals surface area contributed by atoms with Crippen molar-refractivity contribution < 1.29 is 17.9 Å². The first-order valence-corrected chi connectivity index (χ1v) is 13.5. The summed E-state index contributed by atoms with van der Waals surface area (Å²) in [6, 6.07) is 11.2. The number of amides is 1. The molecule has 0 spiro atoms. The van der Waals surface area contributed by atoms with Crippen molar-refractivity contribution in [1.82, 2.24) is 4.31 Å². The number of carbonyl (C=O) groups excluding carboxylic acids is 1. The molecule has 0 bridgehead atoms. The van der Waals surface area contributed by atoms with Crippen molar-refractivity contribution in [2.75, 3.05) is 25.0 Å². The second-order valence-corrected chi connectivity index (χ2v) is 11.1. The molecule has 1 aliphatic carbocycles. The van der Waals surface area contributed by atoms with Crippen LogP contribution in [0.5, 0.6) is 5.75 Å². The summed E-state index contributed by atoms with van der Waals surface area (Å²) in [5, 5.41) is 3.02. The number of rotatable bonds is 7. The van der Waals surface area contributed by atoms with Crippen LogP contribution in [0.15, 0.2) is 41.3 Å². The number of piperidine rings is 1. The number of fused-ring (bicyclic) bond motifs is 1. The molecule has 0 unspecified atom stereocenters. The molecule has 2 aromatic rings. The molecule has 1 saturated heterocycles. The van der Waals surface area contributed by atoms with Crippen molar-refractivity contribution in [1.29, 1.82) is 0 Å². The van der Waals surface area contributed by atoms with E-state index in [0.29, 0.717) is 37.4 Å². The Morgan fingerprint density at radius 2 is 1.79 bits per heavy atom. The van der Waals surface area contributed by atoms with E-state index < -0.39 is 10.0 Å². The number of hydrogen-bond acceptors (Lipinski definition) is 4. The zero-order valence-corrected chi connectivity index (χ0v) is 20.4. The van der Waals surface area contributed by atoms with Crippen molar-refractivity contribution >= 4 is 21.6 Å². The van der Waals surface area contributed by atoms with E-state index >= 15 is 0 Å². The molecule has 1 heterocycles. The molecule has 0 radical (unpaired) electrons. The lowest BCUT2D eigenvalue weighted by atomic mass is 9.92. The van der Waals surface area contributed by atoms with Gasteiger partial charge in [-0.2, -0.15) is 4.31 Å². The van der Waals surface area contributed by atoms with Crippen molar-refractivity contribution in [3.8, 4) is 5.75 Å². The summed E-state index contributed by atoms with van der Waals surface area (Å²) in [5.41, 5.74) is 4.16. The standard InChI is InChI=1S/C26H34N2O4S/c1-3-16-32-23-9-11-25(19(2)17-23)27-26(29)21-12-14-28(15-13-21)33(30,31)24-10-8-20-6-4-5-7-22(20)18-24/h8-11,17-18,21H,3-7,12-16H2,1-2H3,(H,27,29). The molecule has 1 amide bonds. The smallest absolute Gasteiger partial charge is 0.243 e. The van der Waals surface area contributed by atoms with Gasteiger partial charge in [-0.05, 0) is 98.9 Å². The minimum atomic E-state index is -3.54. The Balaban J connectivity index is 1.36. The van der Waals surface area contributed by atoms with E-state index in [1.165, 1.54) is 16.3 Å². The van der Waals surface area contributed by atoms with Gasteiger partial charge in [0, 0.05) is 24.7 Å². The van der Waals surface area contributed by atoms with Gasteiger partial charge in [0.15, 0.2) is 0 Å². The van der Waals surface area contributed by atoms with E-state index in [0.717, 1.165) is 48.2 Å². The number of nitrogens with zero attached hydrogens (tertiary/aromatic N) is 1. The fourth-order valence-corrected chi connectivity index (χ4v) is 6.22. The van der Waals surface area contributed by atoms with E-state index in [-0.39, 0.29) is 11.8 Å². The average molecular weight is 471 g/mol. The Morgan fingerprint density at radius 1 is 1.06 bits per heavy atom. The number of carbonyl (C=O) groups is 1. The summed E-state index contributed by atoms with van der Waals surface area (Å²) in [4.78, 5) is 13.2. The molecule has 0 saturated carbocycles. The van der Waals surface area contributed by atoms with Crippen LogP contribution in [-0.4, -0.2) is 38.3 Å². The maximum Gasteiger partial charge on any atom is 0.243 e. The molecule has 1 N–H and O–H groups in total. The third-order valence-electron chi connectivity index (χ3n) is 6.71. The first kappa shape index (κ1) is 23.8. The van der Waals surface area contributed by atoms with E-state index in [4.69, 9.17) is 4.74 Å². The first-order valence-electron chi connectivity index (χ1n) is 12.0. The van der Waals surface area contributed by atoms with Crippen molar-refractivity contribution in [3.05, 3.63) is 53.1 Å². The van der Waals surface area contributed by atoms with Gasteiger partial charge in [0.25, 0.3) is 0 Å². The quantitative estimate of drug-likeness (QED) is 0.636. The normalized spacial score (nSPS) is 17.4. The molecular formula is C26H34N2O4S. The fourth-order valence-electron chi connectivity index (χ4n) is 4.70. The molecular weight excluding hydrogens is 436 g/mol. The summed E-state index contributed by atoms with van der Waals surface area (Å²) >= 11 is 0. The highest BCUT2D eigenvalue weighted by Gasteiger charge is 2.32. The monoisotopic (exact) mass is 470 g/mol. The number of ether oxygens (including phenoxy) is 1. The molecule has 2 aliphatic rings. The van der Waals surface area contributed by atoms with Crippen molar-refractivity contribution in [2.24, 2.45) is 5.92 Å². The molecule has 4 rings (SSSR count). The maximum atomic E-state index is 13.2. The topological polar surface area (TPSA) is 75.7 Å². The van der Waals surface area contributed by atoms with Gasteiger partial charge in [-0.25, -0.2) is 8.42 Å². The van der Waals surface area contributed by atoms with E-state index in [1.54, 1.807) is 6.07 Å². The Bertz CT molecular complexity index is 1110. The Labute approximate surface area is 197 Å². The SMILES string of the molecule is CCCOc1ccc(NC(=O)C2CCN(S(=O)(=O)c3ccc4c(c3)CCCC4)CC2)c(C)c1. The highest BCUT2D eigenvalue weighted by Crippen LogP contribution is 2.29. The van der Waals surface area contributed by atoms with Crippen LogP contribution in [0.25, 0.3) is 0 Å². The van der Waals surface area contributed by atoms with Crippen LogP contribution in [0.1, 0.15) is 55.7 Å². The summed E-state index contributed by atoms with van der Waals surface area (Å²) in [6.07, 6.45) is 6.25. The second kappa shape index (κ2) is 10.3. The maximum absolute atomic E-state index is 13.2. The van der Waals surface area contributed by atoms with Gasteiger partial charge >= 0.3 is 0 Å². The molecule has 7 heteroatoms.